The summed E-state index contributed by atoms with van der Waals surface area (Å²) in [5.41, 5.74) is 0. The van der Waals surface area contributed by atoms with Crippen molar-refractivity contribution in [3.63, 3.8) is 0 Å². The van der Waals surface area contributed by atoms with Crippen LogP contribution in [0.25, 0.3) is 0 Å². The van der Waals surface area contributed by atoms with Crippen molar-refractivity contribution in [1.29, 1.82) is 0 Å². The SMILES string of the molecule is CCCC=CC=CCC(C)CCCCCCC. The molecule has 0 nitrogen and oxygen atoms in total. The van der Waals surface area contributed by atoms with Gasteiger partial charge in [0, 0.05) is 0 Å². The Kier molecular flexibility index (Phi) is 13.1. The van der Waals surface area contributed by atoms with Crippen LogP contribution in [0.4, 0.5) is 0 Å². The summed E-state index contributed by atoms with van der Waals surface area (Å²) in [4.78, 5) is 0. The molecule has 0 aromatic heterocycles. The maximum Gasteiger partial charge on any atom is -0.0322 e. The summed E-state index contributed by atoms with van der Waals surface area (Å²) < 4.78 is 0. The van der Waals surface area contributed by atoms with E-state index in [-0.39, 0.29) is 0 Å². The highest BCUT2D eigenvalue weighted by Gasteiger charge is 1.98. The highest BCUT2D eigenvalue weighted by Crippen LogP contribution is 2.14. The van der Waals surface area contributed by atoms with Gasteiger partial charge < -0.3 is 0 Å². The van der Waals surface area contributed by atoms with Crippen LogP contribution < -0.4 is 0 Å². The van der Waals surface area contributed by atoms with Crippen LogP contribution in [0.1, 0.15) is 78.6 Å². The fourth-order valence-electron chi connectivity index (χ4n) is 1.95. The maximum atomic E-state index is 2.37. The first-order chi connectivity index (χ1) is 8.31. The lowest BCUT2D eigenvalue weighted by Crippen LogP contribution is -1.92. The smallest absolute Gasteiger partial charge is 0.0322 e. The molecular formula is C17H32. The normalized spacial score (nSPS) is 13.8. The zero-order chi connectivity index (χ0) is 12.8. The average Bonchev–Trinajstić information content (AvgIpc) is 2.33. The first-order valence-corrected chi connectivity index (χ1v) is 7.62. The lowest BCUT2D eigenvalue weighted by molar-refractivity contribution is 0.490. The predicted octanol–water partition coefficient (Wildman–Crippen LogP) is 6.29. The monoisotopic (exact) mass is 236 g/mol. The molecule has 0 aromatic rings. The molecule has 17 heavy (non-hydrogen) atoms. The van der Waals surface area contributed by atoms with Crippen LogP contribution in [0.2, 0.25) is 0 Å². The third-order valence-corrected chi connectivity index (χ3v) is 3.18. The Hall–Kier alpha value is -0.520. The molecule has 1 unspecified atom stereocenters. The number of hydrogen-bond donors (Lipinski definition) is 0. The van der Waals surface area contributed by atoms with Gasteiger partial charge in [-0.2, -0.15) is 0 Å². The van der Waals surface area contributed by atoms with Gasteiger partial charge in [0.05, 0.1) is 0 Å². The average molecular weight is 236 g/mol. The lowest BCUT2D eigenvalue weighted by atomic mass is 9.99. The van der Waals surface area contributed by atoms with Crippen LogP contribution in [0.5, 0.6) is 0 Å². The van der Waals surface area contributed by atoms with Crippen LogP contribution >= 0.6 is 0 Å². The molecule has 100 valence electrons. The zero-order valence-electron chi connectivity index (χ0n) is 12.3. The highest BCUT2D eigenvalue weighted by atomic mass is 14.0. The minimum absolute atomic E-state index is 0.854. The lowest BCUT2D eigenvalue weighted by Gasteiger charge is -2.07. The van der Waals surface area contributed by atoms with Crippen molar-refractivity contribution < 1.29 is 0 Å². The molecule has 0 fully saturated rings. The van der Waals surface area contributed by atoms with Crippen molar-refractivity contribution in [2.75, 3.05) is 0 Å². The number of unbranched alkanes of at least 4 members (excludes halogenated alkanes) is 5. The number of hydrogen-bond acceptors (Lipinski definition) is 0. The molecule has 1 atom stereocenters. The molecule has 0 N–H and O–H groups in total. The van der Waals surface area contributed by atoms with E-state index in [4.69, 9.17) is 0 Å². The van der Waals surface area contributed by atoms with Crippen LogP contribution in [-0.2, 0) is 0 Å². The second-order valence-corrected chi connectivity index (χ2v) is 5.19. The van der Waals surface area contributed by atoms with E-state index < -0.39 is 0 Å². The Morgan fingerprint density at radius 2 is 1.53 bits per heavy atom. The van der Waals surface area contributed by atoms with Gasteiger partial charge in [0.15, 0.2) is 0 Å². The zero-order valence-corrected chi connectivity index (χ0v) is 12.3. The minimum Gasteiger partial charge on any atom is -0.0846 e. The molecule has 0 amide bonds. The van der Waals surface area contributed by atoms with E-state index >= 15 is 0 Å². The van der Waals surface area contributed by atoms with Crippen molar-refractivity contribution in [2.45, 2.75) is 78.6 Å². The largest absolute Gasteiger partial charge is 0.0846 e. The molecular weight excluding hydrogens is 204 g/mol. The summed E-state index contributed by atoms with van der Waals surface area (Å²) in [6.45, 7) is 6.87. The number of rotatable bonds is 11. The van der Waals surface area contributed by atoms with E-state index in [0.717, 1.165) is 5.92 Å². The summed E-state index contributed by atoms with van der Waals surface area (Å²) in [5.74, 6) is 0.854. The standard InChI is InChI=1S/C17H32/c1-4-6-8-10-12-14-16-17(3)15-13-11-9-7-5-2/h8,10,12,14,17H,4-7,9,11,13,15-16H2,1-3H3. The minimum atomic E-state index is 0.854. The van der Waals surface area contributed by atoms with Gasteiger partial charge >= 0.3 is 0 Å². The topological polar surface area (TPSA) is 0 Å². The van der Waals surface area contributed by atoms with Crippen molar-refractivity contribution in [2.24, 2.45) is 5.92 Å². The first kappa shape index (κ1) is 16.5. The van der Waals surface area contributed by atoms with E-state index in [9.17, 15) is 0 Å². The molecule has 0 aliphatic heterocycles. The molecule has 0 rings (SSSR count). The van der Waals surface area contributed by atoms with Gasteiger partial charge in [0.25, 0.3) is 0 Å². The van der Waals surface area contributed by atoms with E-state index in [1.54, 1.807) is 0 Å². The molecule has 0 bridgehead atoms. The molecule has 0 saturated carbocycles. The second kappa shape index (κ2) is 13.5. The van der Waals surface area contributed by atoms with E-state index in [1.807, 2.05) is 0 Å². The summed E-state index contributed by atoms with van der Waals surface area (Å²) in [6, 6.07) is 0. The first-order valence-electron chi connectivity index (χ1n) is 7.62. The summed E-state index contributed by atoms with van der Waals surface area (Å²) in [5, 5.41) is 0. The van der Waals surface area contributed by atoms with Crippen LogP contribution in [0.15, 0.2) is 24.3 Å². The van der Waals surface area contributed by atoms with Gasteiger partial charge in [-0.1, -0.05) is 90.0 Å². The van der Waals surface area contributed by atoms with Crippen LogP contribution in [0.3, 0.4) is 0 Å². The summed E-state index contributed by atoms with van der Waals surface area (Å²) in [7, 11) is 0. The van der Waals surface area contributed by atoms with Gasteiger partial charge in [0.1, 0.15) is 0 Å². The van der Waals surface area contributed by atoms with Gasteiger partial charge in [-0.25, -0.2) is 0 Å². The van der Waals surface area contributed by atoms with Gasteiger partial charge in [-0.15, -0.1) is 0 Å². The molecule has 0 spiro atoms. The van der Waals surface area contributed by atoms with Crippen molar-refractivity contribution in [1.82, 2.24) is 0 Å². The van der Waals surface area contributed by atoms with Gasteiger partial charge in [0.2, 0.25) is 0 Å². The third-order valence-electron chi connectivity index (χ3n) is 3.18. The predicted molar refractivity (Wildman–Crippen MR) is 80.3 cm³/mol. The molecule has 0 aliphatic rings. The van der Waals surface area contributed by atoms with Crippen LogP contribution in [0, 0.1) is 5.92 Å². The summed E-state index contributed by atoms with van der Waals surface area (Å²) in [6.07, 6.45) is 21.1. The quantitative estimate of drug-likeness (QED) is 0.292. The molecule has 0 radical (unpaired) electrons. The fraction of sp³-hybridized carbons (Fsp3) is 0.765. The molecule has 0 aliphatic carbocycles. The molecule has 0 saturated heterocycles. The third kappa shape index (κ3) is 13.4. The Labute approximate surface area is 109 Å². The fourth-order valence-corrected chi connectivity index (χ4v) is 1.95. The Morgan fingerprint density at radius 1 is 0.824 bits per heavy atom. The molecule has 0 aromatic carbocycles. The van der Waals surface area contributed by atoms with Crippen molar-refractivity contribution in [3.8, 4) is 0 Å². The van der Waals surface area contributed by atoms with Crippen molar-refractivity contribution >= 4 is 0 Å². The maximum absolute atomic E-state index is 2.37. The van der Waals surface area contributed by atoms with E-state index in [1.165, 1.54) is 57.8 Å². The van der Waals surface area contributed by atoms with Crippen LogP contribution in [-0.4, -0.2) is 0 Å². The molecule has 0 heterocycles. The summed E-state index contributed by atoms with van der Waals surface area (Å²) >= 11 is 0. The van der Waals surface area contributed by atoms with E-state index in [2.05, 4.69) is 45.1 Å². The highest BCUT2D eigenvalue weighted by molar-refractivity contribution is 5.02. The van der Waals surface area contributed by atoms with Gasteiger partial charge in [-0.05, 0) is 18.8 Å². The second-order valence-electron chi connectivity index (χ2n) is 5.19. The Balaban J connectivity index is 3.36. The molecule has 0 heteroatoms. The Bertz CT molecular complexity index is 188. The van der Waals surface area contributed by atoms with Gasteiger partial charge in [-0.3, -0.25) is 0 Å². The number of allylic oxidation sites excluding steroid dienone is 4. The van der Waals surface area contributed by atoms with E-state index in [0.29, 0.717) is 0 Å². The Morgan fingerprint density at radius 3 is 2.24 bits per heavy atom. The van der Waals surface area contributed by atoms with Crippen molar-refractivity contribution in [3.05, 3.63) is 24.3 Å².